The third kappa shape index (κ3) is 1.75. The third-order valence-electron chi connectivity index (χ3n) is 3.26. The maximum absolute atomic E-state index is 12.3. The fourth-order valence-electron chi connectivity index (χ4n) is 2.23. The van der Waals surface area contributed by atoms with Crippen molar-refractivity contribution in [3.63, 3.8) is 0 Å². The zero-order chi connectivity index (χ0) is 12.7. The number of hydrogen-bond acceptors (Lipinski definition) is 1. The number of aryl methyl sites for hydroxylation is 1. The lowest BCUT2D eigenvalue weighted by atomic mass is 10.1. The van der Waals surface area contributed by atoms with Crippen molar-refractivity contribution in [3.05, 3.63) is 63.6 Å². The molecular weight excluding hydrogens is 290 g/mol. The number of halogens is 1. The van der Waals surface area contributed by atoms with E-state index in [-0.39, 0.29) is 5.91 Å². The van der Waals surface area contributed by atoms with Gasteiger partial charge in [0.15, 0.2) is 0 Å². The Labute approximate surface area is 114 Å². The van der Waals surface area contributed by atoms with E-state index < -0.39 is 0 Å². The molecule has 0 unspecified atom stereocenters. The molecule has 2 aromatic carbocycles. The fraction of sp³-hybridized carbons (Fsp3) is 0.133. The first kappa shape index (κ1) is 11.5. The molecule has 0 saturated heterocycles. The highest BCUT2D eigenvalue weighted by Gasteiger charge is 2.29. The van der Waals surface area contributed by atoms with E-state index in [2.05, 4.69) is 15.9 Å². The number of nitrogens with zero attached hydrogens (tertiary/aromatic N) is 1. The molecule has 90 valence electrons. The summed E-state index contributed by atoms with van der Waals surface area (Å²) in [6.45, 7) is 2.68. The number of anilines is 1. The van der Waals surface area contributed by atoms with Crippen molar-refractivity contribution in [2.24, 2.45) is 0 Å². The first-order valence-electron chi connectivity index (χ1n) is 5.83. The average Bonchev–Trinajstić information content (AvgIpc) is 2.70. The molecule has 18 heavy (non-hydrogen) atoms. The predicted molar refractivity (Wildman–Crippen MR) is 75.8 cm³/mol. The number of hydrogen-bond donors (Lipinski definition) is 0. The molecule has 0 radical (unpaired) electrons. The minimum absolute atomic E-state index is 0.0788. The zero-order valence-corrected chi connectivity index (χ0v) is 11.6. The fourth-order valence-corrected chi connectivity index (χ4v) is 2.72. The van der Waals surface area contributed by atoms with Gasteiger partial charge in [0.05, 0.1) is 6.54 Å². The lowest BCUT2D eigenvalue weighted by Gasteiger charge is -2.15. The molecule has 0 aromatic heterocycles. The number of fused-ring (bicyclic) bond motifs is 1. The molecule has 0 aliphatic carbocycles. The molecule has 0 atom stereocenters. The van der Waals surface area contributed by atoms with Gasteiger partial charge in [-0.1, -0.05) is 39.7 Å². The smallest absolute Gasteiger partial charge is 0.258 e. The highest BCUT2D eigenvalue weighted by atomic mass is 79.9. The summed E-state index contributed by atoms with van der Waals surface area (Å²) in [4.78, 5) is 14.2. The molecule has 0 N–H and O–H groups in total. The van der Waals surface area contributed by atoms with Crippen LogP contribution in [0.1, 0.15) is 21.5 Å². The highest BCUT2D eigenvalue weighted by Crippen LogP contribution is 2.32. The second-order valence-corrected chi connectivity index (χ2v) is 5.35. The van der Waals surface area contributed by atoms with Crippen LogP contribution in [0.25, 0.3) is 0 Å². The van der Waals surface area contributed by atoms with Crippen LogP contribution in [0, 0.1) is 6.92 Å². The molecule has 0 bridgehead atoms. The lowest BCUT2D eigenvalue weighted by molar-refractivity contribution is 0.0996. The van der Waals surface area contributed by atoms with E-state index >= 15 is 0 Å². The minimum atomic E-state index is 0.0788. The second-order valence-electron chi connectivity index (χ2n) is 4.49. The molecular formula is C15H12BrNO. The van der Waals surface area contributed by atoms with Crippen molar-refractivity contribution in [2.75, 3.05) is 4.90 Å². The first-order valence-corrected chi connectivity index (χ1v) is 6.62. The van der Waals surface area contributed by atoms with Gasteiger partial charge in [-0.15, -0.1) is 0 Å². The summed E-state index contributed by atoms with van der Waals surface area (Å²) in [7, 11) is 0. The second kappa shape index (κ2) is 4.25. The molecule has 1 aliphatic rings. The van der Waals surface area contributed by atoms with Gasteiger partial charge in [0.25, 0.3) is 5.91 Å². The van der Waals surface area contributed by atoms with Crippen LogP contribution in [0.3, 0.4) is 0 Å². The van der Waals surface area contributed by atoms with Gasteiger partial charge in [-0.05, 0) is 36.8 Å². The Morgan fingerprint density at radius 3 is 2.50 bits per heavy atom. The summed E-state index contributed by atoms with van der Waals surface area (Å²) < 4.78 is 1.00. The van der Waals surface area contributed by atoms with Gasteiger partial charge in [0.2, 0.25) is 0 Å². The van der Waals surface area contributed by atoms with Crippen LogP contribution in [0.4, 0.5) is 5.69 Å². The Hall–Kier alpha value is -1.61. The number of amides is 1. The van der Waals surface area contributed by atoms with Gasteiger partial charge in [0.1, 0.15) is 0 Å². The van der Waals surface area contributed by atoms with Crippen molar-refractivity contribution >= 4 is 27.5 Å². The van der Waals surface area contributed by atoms with Crippen LogP contribution in [-0.2, 0) is 6.54 Å². The Balaban J connectivity index is 2.02. The van der Waals surface area contributed by atoms with Gasteiger partial charge < -0.3 is 4.90 Å². The zero-order valence-electron chi connectivity index (χ0n) is 9.98. The molecule has 1 amide bonds. The van der Waals surface area contributed by atoms with Crippen LogP contribution >= 0.6 is 15.9 Å². The van der Waals surface area contributed by atoms with Crippen molar-refractivity contribution < 1.29 is 4.79 Å². The average molecular weight is 302 g/mol. The third-order valence-corrected chi connectivity index (χ3v) is 4.00. The predicted octanol–water partition coefficient (Wildman–Crippen LogP) is 3.92. The van der Waals surface area contributed by atoms with Crippen LogP contribution in [0.5, 0.6) is 0 Å². The van der Waals surface area contributed by atoms with E-state index in [4.69, 9.17) is 0 Å². The van der Waals surface area contributed by atoms with Gasteiger partial charge in [-0.2, -0.15) is 0 Å². The molecule has 1 aliphatic heterocycles. The van der Waals surface area contributed by atoms with Gasteiger partial charge >= 0.3 is 0 Å². The maximum Gasteiger partial charge on any atom is 0.258 e. The van der Waals surface area contributed by atoms with Crippen molar-refractivity contribution in [1.29, 1.82) is 0 Å². The van der Waals surface area contributed by atoms with E-state index in [1.807, 2.05) is 54.3 Å². The number of carbonyl (C=O) groups is 1. The quantitative estimate of drug-likeness (QED) is 0.782. The SMILES string of the molecule is Cc1ccc(N2Cc3c(Br)cccc3C2=O)cc1. The Morgan fingerprint density at radius 2 is 1.83 bits per heavy atom. The number of rotatable bonds is 1. The topological polar surface area (TPSA) is 20.3 Å². The summed E-state index contributed by atoms with van der Waals surface area (Å²) in [5, 5.41) is 0. The van der Waals surface area contributed by atoms with E-state index in [0.717, 1.165) is 21.3 Å². The summed E-state index contributed by atoms with van der Waals surface area (Å²) in [5.41, 5.74) is 4.02. The Bertz CT molecular complexity index is 619. The molecule has 0 fully saturated rings. The first-order chi connectivity index (χ1) is 8.66. The van der Waals surface area contributed by atoms with Gasteiger partial charge in [-0.3, -0.25) is 4.79 Å². The van der Waals surface area contributed by atoms with Gasteiger partial charge in [-0.25, -0.2) is 0 Å². The monoisotopic (exact) mass is 301 g/mol. The maximum atomic E-state index is 12.3. The highest BCUT2D eigenvalue weighted by molar-refractivity contribution is 9.10. The summed E-state index contributed by atoms with van der Waals surface area (Å²) in [6, 6.07) is 13.8. The Kier molecular flexibility index (Phi) is 2.71. The summed E-state index contributed by atoms with van der Waals surface area (Å²) in [6.07, 6.45) is 0. The van der Waals surface area contributed by atoms with Crippen LogP contribution in [-0.4, -0.2) is 5.91 Å². The van der Waals surface area contributed by atoms with Crippen LogP contribution < -0.4 is 4.90 Å². The molecule has 0 spiro atoms. The standard InChI is InChI=1S/C15H12BrNO/c1-10-5-7-11(8-6-10)17-9-13-12(15(17)18)3-2-4-14(13)16/h2-8H,9H2,1H3. The van der Waals surface area contributed by atoms with E-state index in [1.165, 1.54) is 5.56 Å². The number of carbonyl (C=O) groups excluding carboxylic acids is 1. The van der Waals surface area contributed by atoms with Crippen molar-refractivity contribution in [2.45, 2.75) is 13.5 Å². The van der Waals surface area contributed by atoms with Gasteiger partial charge in [0, 0.05) is 15.7 Å². The molecule has 1 heterocycles. The van der Waals surface area contributed by atoms with E-state index in [9.17, 15) is 4.79 Å². The molecule has 0 saturated carbocycles. The molecule has 2 nitrogen and oxygen atoms in total. The summed E-state index contributed by atoms with van der Waals surface area (Å²) >= 11 is 3.51. The summed E-state index contributed by atoms with van der Waals surface area (Å²) in [5.74, 6) is 0.0788. The van der Waals surface area contributed by atoms with E-state index in [0.29, 0.717) is 6.54 Å². The number of benzene rings is 2. The van der Waals surface area contributed by atoms with E-state index in [1.54, 1.807) is 0 Å². The molecule has 3 heteroatoms. The van der Waals surface area contributed by atoms with Crippen molar-refractivity contribution in [1.82, 2.24) is 0 Å². The molecule has 3 rings (SSSR count). The minimum Gasteiger partial charge on any atom is -0.304 e. The van der Waals surface area contributed by atoms with Crippen LogP contribution in [0.15, 0.2) is 46.9 Å². The molecule has 2 aromatic rings. The lowest BCUT2D eigenvalue weighted by Crippen LogP contribution is -2.22. The van der Waals surface area contributed by atoms with Crippen molar-refractivity contribution in [3.8, 4) is 0 Å². The largest absolute Gasteiger partial charge is 0.304 e. The van der Waals surface area contributed by atoms with Crippen LogP contribution in [0.2, 0.25) is 0 Å². The normalized spacial score (nSPS) is 13.9. The Morgan fingerprint density at radius 1 is 1.11 bits per heavy atom.